The first-order valence-corrected chi connectivity index (χ1v) is 5.30. The van der Waals surface area contributed by atoms with Gasteiger partial charge in [-0.15, -0.1) is 0 Å². The fourth-order valence-corrected chi connectivity index (χ4v) is 1.72. The molecule has 0 aliphatic carbocycles. The Balaban J connectivity index is 2.52. The number of aromatic nitrogens is 2. The molecule has 0 saturated heterocycles. The van der Waals surface area contributed by atoms with Crippen LogP contribution in [-0.4, -0.2) is 22.9 Å². The summed E-state index contributed by atoms with van der Waals surface area (Å²) in [5.41, 5.74) is 2.21. The lowest BCUT2D eigenvalue weighted by Gasteiger charge is -2.02. The smallest absolute Gasteiger partial charge is 0.168 e. The third-order valence-corrected chi connectivity index (χ3v) is 2.84. The lowest BCUT2D eigenvalue weighted by atomic mass is 10.1. The molecule has 0 bridgehead atoms. The van der Waals surface area contributed by atoms with Crippen LogP contribution in [0.1, 0.15) is 16.3 Å². The highest BCUT2D eigenvalue weighted by atomic mass is 16.5. The topological polar surface area (TPSA) is 44.1 Å². The minimum Gasteiger partial charge on any atom is -0.497 e. The highest BCUT2D eigenvalue weighted by Gasteiger charge is 2.13. The van der Waals surface area contributed by atoms with Gasteiger partial charge in [0.1, 0.15) is 17.3 Å². The van der Waals surface area contributed by atoms with E-state index in [1.54, 1.807) is 11.7 Å². The van der Waals surface area contributed by atoms with E-state index in [4.69, 9.17) is 4.74 Å². The summed E-state index contributed by atoms with van der Waals surface area (Å²) in [6.07, 6.45) is 0.833. The highest BCUT2D eigenvalue weighted by Crippen LogP contribution is 2.24. The van der Waals surface area contributed by atoms with Gasteiger partial charge in [0.05, 0.1) is 12.8 Å². The van der Waals surface area contributed by atoms with Crippen LogP contribution < -0.4 is 4.74 Å². The molecule has 2 aromatic rings. The largest absolute Gasteiger partial charge is 0.497 e. The molecular weight excluding hydrogens is 216 g/mol. The summed E-state index contributed by atoms with van der Waals surface area (Å²) in [6.45, 7) is 1.88. The van der Waals surface area contributed by atoms with Gasteiger partial charge in [0.25, 0.3) is 0 Å². The van der Waals surface area contributed by atoms with Gasteiger partial charge < -0.3 is 9.30 Å². The average Bonchev–Trinajstić information content (AvgIpc) is 2.65. The molecule has 0 unspecified atom stereocenters. The standard InChI is InChI=1S/C13H14N2O2/c1-9-14-13(12(8-16)15(9)2)10-4-6-11(17-3)7-5-10/h4-8H,1-3H3. The Morgan fingerprint density at radius 3 is 2.47 bits per heavy atom. The summed E-state index contributed by atoms with van der Waals surface area (Å²) in [4.78, 5) is 15.5. The van der Waals surface area contributed by atoms with Crippen molar-refractivity contribution in [3.63, 3.8) is 0 Å². The summed E-state index contributed by atoms with van der Waals surface area (Å²) in [6, 6.07) is 7.50. The molecule has 0 amide bonds. The number of aldehydes is 1. The van der Waals surface area contributed by atoms with Gasteiger partial charge in [-0.05, 0) is 31.2 Å². The molecule has 0 N–H and O–H groups in total. The van der Waals surface area contributed by atoms with Crippen LogP contribution in [0, 0.1) is 6.92 Å². The molecule has 1 aromatic heterocycles. The van der Waals surface area contributed by atoms with E-state index in [-0.39, 0.29) is 0 Å². The number of benzene rings is 1. The van der Waals surface area contributed by atoms with Gasteiger partial charge in [-0.2, -0.15) is 0 Å². The molecule has 0 atom stereocenters. The monoisotopic (exact) mass is 230 g/mol. The lowest BCUT2D eigenvalue weighted by molar-refractivity contribution is 0.111. The van der Waals surface area contributed by atoms with E-state index in [0.717, 1.165) is 23.4 Å². The Kier molecular flexibility index (Phi) is 2.95. The van der Waals surface area contributed by atoms with Crippen LogP contribution >= 0.6 is 0 Å². The van der Waals surface area contributed by atoms with Crippen molar-refractivity contribution in [1.82, 2.24) is 9.55 Å². The number of imidazole rings is 1. The van der Waals surface area contributed by atoms with E-state index in [9.17, 15) is 4.79 Å². The Labute approximate surface area is 99.9 Å². The second-order valence-corrected chi connectivity index (χ2v) is 3.80. The van der Waals surface area contributed by atoms with Gasteiger partial charge in [-0.25, -0.2) is 4.98 Å². The molecule has 0 spiro atoms. The van der Waals surface area contributed by atoms with Crippen molar-refractivity contribution in [2.24, 2.45) is 7.05 Å². The van der Waals surface area contributed by atoms with Gasteiger partial charge in [-0.1, -0.05) is 0 Å². The van der Waals surface area contributed by atoms with Crippen LogP contribution in [0.25, 0.3) is 11.3 Å². The van der Waals surface area contributed by atoms with Crippen LogP contribution in [-0.2, 0) is 7.05 Å². The maximum absolute atomic E-state index is 11.1. The zero-order valence-corrected chi connectivity index (χ0v) is 10.1. The summed E-state index contributed by atoms with van der Waals surface area (Å²) < 4.78 is 6.88. The Morgan fingerprint density at radius 2 is 1.94 bits per heavy atom. The number of carbonyl (C=O) groups excluding carboxylic acids is 1. The van der Waals surface area contributed by atoms with Gasteiger partial charge in [0.15, 0.2) is 6.29 Å². The molecule has 4 nitrogen and oxygen atoms in total. The van der Waals surface area contributed by atoms with E-state index in [2.05, 4.69) is 4.98 Å². The van der Waals surface area contributed by atoms with Gasteiger partial charge in [0, 0.05) is 12.6 Å². The van der Waals surface area contributed by atoms with Crippen molar-refractivity contribution in [3.8, 4) is 17.0 Å². The predicted octanol–water partition coefficient (Wildman–Crippen LogP) is 2.22. The molecular formula is C13H14N2O2. The van der Waals surface area contributed by atoms with E-state index in [0.29, 0.717) is 11.4 Å². The summed E-state index contributed by atoms with van der Waals surface area (Å²) >= 11 is 0. The van der Waals surface area contributed by atoms with Gasteiger partial charge >= 0.3 is 0 Å². The molecule has 0 aliphatic heterocycles. The summed E-state index contributed by atoms with van der Waals surface area (Å²) in [7, 11) is 3.45. The van der Waals surface area contributed by atoms with Crippen LogP contribution in [0.4, 0.5) is 0 Å². The number of carbonyl (C=O) groups is 1. The third kappa shape index (κ3) is 1.93. The van der Waals surface area contributed by atoms with Gasteiger partial charge in [0.2, 0.25) is 0 Å². The molecule has 0 aliphatic rings. The van der Waals surface area contributed by atoms with Gasteiger partial charge in [-0.3, -0.25) is 4.79 Å². The maximum Gasteiger partial charge on any atom is 0.168 e. The van der Waals surface area contributed by atoms with Crippen molar-refractivity contribution in [2.45, 2.75) is 6.92 Å². The molecule has 1 aromatic carbocycles. The van der Waals surface area contributed by atoms with Crippen molar-refractivity contribution in [3.05, 3.63) is 35.8 Å². The zero-order valence-electron chi connectivity index (χ0n) is 10.1. The van der Waals surface area contributed by atoms with Crippen molar-refractivity contribution < 1.29 is 9.53 Å². The molecule has 17 heavy (non-hydrogen) atoms. The first-order chi connectivity index (χ1) is 8.17. The third-order valence-electron chi connectivity index (χ3n) is 2.84. The second kappa shape index (κ2) is 4.41. The van der Waals surface area contributed by atoms with Crippen LogP contribution in [0.3, 0.4) is 0 Å². The molecule has 0 saturated carbocycles. The highest BCUT2D eigenvalue weighted by molar-refractivity contribution is 5.84. The average molecular weight is 230 g/mol. The van der Waals surface area contributed by atoms with E-state index < -0.39 is 0 Å². The minimum absolute atomic E-state index is 0.590. The number of ether oxygens (including phenoxy) is 1. The number of rotatable bonds is 3. The number of hydrogen-bond donors (Lipinski definition) is 0. The summed E-state index contributed by atoms with van der Waals surface area (Å²) in [5, 5.41) is 0. The SMILES string of the molecule is COc1ccc(-c2nc(C)n(C)c2C=O)cc1. The fourth-order valence-electron chi connectivity index (χ4n) is 1.72. The van der Waals surface area contributed by atoms with Crippen LogP contribution in [0.5, 0.6) is 5.75 Å². The zero-order chi connectivity index (χ0) is 12.4. The second-order valence-electron chi connectivity index (χ2n) is 3.80. The first-order valence-electron chi connectivity index (χ1n) is 5.30. The van der Waals surface area contributed by atoms with E-state index in [1.807, 2.05) is 38.2 Å². The number of nitrogens with zero attached hydrogens (tertiary/aromatic N) is 2. The molecule has 1 heterocycles. The quantitative estimate of drug-likeness (QED) is 0.759. The number of methoxy groups -OCH3 is 1. The normalized spacial score (nSPS) is 10.3. The molecule has 88 valence electrons. The number of hydrogen-bond acceptors (Lipinski definition) is 3. The van der Waals surface area contributed by atoms with E-state index >= 15 is 0 Å². The molecule has 2 rings (SSSR count). The van der Waals surface area contributed by atoms with E-state index in [1.165, 1.54) is 0 Å². The summed E-state index contributed by atoms with van der Waals surface area (Å²) in [5.74, 6) is 1.60. The van der Waals surface area contributed by atoms with Crippen LogP contribution in [0.15, 0.2) is 24.3 Å². The molecule has 4 heteroatoms. The lowest BCUT2D eigenvalue weighted by Crippen LogP contribution is -1.97. The fraction of sp³-hybridized carbons (Fsp3) is 0.231. The minimum atomic E-state index is 0.590. The van der Waals surface area contributed by atoms with Crippen molar-refractivity contribution >= 4 is 6.29 Å². The van der Waals surface area contributed by atoms with Crippen LogP contribution in [0.2, 0.25) is 0 Å². The Morgan fingerprint density at radius 1 is 1.29 bits per heavy atom. The predicted molar refractivity (Wildman–Crippen MR) is 65.3 cm³/mol. The molecule has 0 radical (unpaired) electrons. The molecule has 0 fully saturated rings. The maximum atomic E-state index is 11.1. The van der Waals surface area contributed by atoms with Crippen molar-refractivity contribution in [2.75, 3.05) is 7.11 Å². The first kappa shape index (κ1) is 11.4. The Bertz CT molecular complexity index is 541. The number of aryl methyl sites for hydroxylation is 1. The Hall–Kier alpha value is -2.10. The van der Waals surface area contributed by atoms with Crippen molar-refractivity contribution in [1.29, 1.82) is 0 Å².